The number of carbonyl (C=O) groups is 1. The van der Waals surface area contributed by atoms with Crippen molar-refractivity contribution < 1.29 is 9.53 Å². The van der Waals surface area contributed by atoms with Crippen LogP contribution in [0.3, 0.4) is 0 Å². The summed E-state index contributed by atoms with van der Waals surface area (Å²) in [5.74, 6) is 1.14. The van der Waals surface area contributed by atoms with Gasteiger partial charge in [0.05, 0.1) is 5.39 Å². The molecule has 2 amide bonds. The number of H-pyrrole nitrogens is 1. The van der Waals surface area contributed by atoms with Crippen molar-refractivity contribution in [3.05, 3.63) is 65.1 Å². The number of likely N-dealkylation sites (N-methyl/N-ethyl adjacent to an activating group) is 1. The number of nitrogens with zero attached hydrogens (tertiary/aromatic N) is 2. The molecule has 0 radical (unpaired) electrons. The van der Waals surface area contributed by atoms with Crippen molar-refractivity contribution in [1.29, 1.82) is 0 Å². The molecule has 0 fully saturated rings. The molecule has 0 saturated carbocycles. The van der Waals surface area contributed by atoms with Gasteiger partial charge in [0.15, 0.2) is 5.82 Å². The van der Waals surface area contributed by atoms with E-state index >= 15 is 0 Å². The third kappa shape index (κ3) is 5.93. The summed E-state index contributed by atoms with van der Waals surface area (Å²) >= 11 is 3.40. The van der Waals surface area contributed by atoms with Gasteiger partial charge in [-0.2, -0.15) is 5.10 Å². The SMILES string of the molecule is CCN(CC)CCOc1ccc(-c2ccc(NC(=O)Nc3cccc(Br)c3)cc2)c2c(N)n[nH]c12. The summed E-state index contributed by atoms with van der Waals surface area (Å²) in [6, 6.07) is 18.6. The second-order valence-corrected chi connectivity index (χ2v) is 8.93. The molecule has 0 bridgehead atoms. The highest BCUT2D eigenvalue weighted by atomic mass is 79.9. The van der Waals surface area contributed by atoms with Crippen molar-refractivity contribution in [2.75, 3.05) is 42.6 Å². The van der Waals surface area contributed by atoms with Crippen molar-refractivity contribution in [1.82, 2.24) is 15.1 Å². The lowest BCUT2D eigenvalue weighted by Gasteiger charge is -2.18. The molecule has 0 aliphatic rings. The number of nitrogens with one attached hydrogen (secondary N) is 3. The van der Waals surface area contributed by atoms with Crippen LogP contribution in [0.1, 0.15) is 13.8 Å². The minimum absolute atomic E-state index is 0.316. The van der Waals surface area contributed by atoms with Crippen LogP contribution in [0, 0.1) is 0 Å². The summed E-state index contributed by atoms with van der Waals surface area (Å²) in [6.07, 6.45) is 0. The van der Waals surface area contributed by atoms with Gasteiger partial charge in [0.2, 0.25) is 0 Å². The Balaban J connectivity index is 1.48. The number of urea groups is 1. The maximum atomic E-state index is 12.4. The molecule has 35 heavy (non-hydrogen) atoms. The van der Waals surface area contributed by atoms with Gasteiger partial charge < -0.3 is 26.0 Å². The predicted octanol–water partition coefficient (Wildman–Crippen LogP) is 5.94. The maximum absolute atomic E-state index is 12.4. The first-order valence-electron chi connectivity index (χ1n) is 11.5. The largest absolute Gasteiger partial charge is 0.490 e. The molecule has 4 rings (SSSR count). The van der Waals surface area contributed by atoms with E-state index in [9.17, 15) is 4.79 Å². The molecule has 9 heteroatoms. The summed E-state index contributed by atoms with van der Waals surface area (Å²) in [5, 5.41) is 13.7. The summed E-state index contributed by atoms with van der Waals surface area (Å²) in [4.78, 5) is 14.7. The van der Waals surface area contributed by atoms with Crippen LogP contribution in [0.5, 0.6) is 5.75 Å². The Hall–Kier alpha value is -3.56. The number of fused-ring (bicyclic) bond motifs is 1. The molecule has 0 spiro atoms. The van der Waals surface area contributed by atoms with Gasteiger partial charge in [-0.1, -0.05) is 48.0 Å². The zero-order valence-electron chi connectivity index (χ0n) is 19.8. The minimum Gasteiger partial charge on any atom is -0.490 e. The van der Waals surface area contributed by atoms with Crippen molar-refractivity contribution in [3.63, 3.8) is 0 Å². The Morgan fingerprint density at radius 2 is 1.80 bits per heavy atom. The highest BCUT2D eigenvalue weighted by Gasteiger charge is 2.15. The summed E-state index contributed by atoms with van der Waals surface area (Å²) in [5.41, 5.74) is 10.2. The molecule has 0 unspecified atom stereocenters. The first-order valence-corrected chi connectivity index (χ1v) is 12.3. The molecule has 8 nitrogen and oxygen atoms in total. The first-order chi connectivity index (χ1) is 17.0. The Morgan fingerprint density at radius 1 is 1.06 bits per heavy atom. The maximum Gasteiger partial charge on any atom is 0.323 e. The van der Waals surface area contributed by atoms with Crippen LogP contribution in [0.25, 0.3) is 22.0 Å². The molecule has 3 aromatic carbocycles. The topological polar surface area (TPSA) is 108 Å². The van der Waals surface area contributed by atoms with E-state index in [0.29, 0.717) is 23.8 Å². The Kier molecular flexibility index (Phi) is 7.89. The normalized spacial score (nSPS) is 11.1. The number of benzene rings is 3. The number of nitrogens with two attached hydrogens (primary N) is 1. The minimum atomic E-state index is -0.316. The van der Waals surface area contributed by atoms with Crippen molar-refractivity contribution in [2.45, 2.75) is 13.8 Å². The molecular weight excluding hydrogens is 508 g/mol. The number of amides is 2. The van der Waals surface area contributed by atoms with Crippen LogP contribution in [-0.2, 0) is 0 Å². The predicted molar refractivity (Wildman–Crippen MR) is 146 cm³/mol. The summed E-state index contributed by atoms with van der Waals surface area (Å²) in [6.45, 7) is 7.69. The van der Waals surface area contributed by atoms with Gasteiger partial charge in [-0.3, -0.25) is 5.10 Å². The van der Waals surface area contributed by atoms with Gasteiger partial charge in [-0.25, -0.2) is 4.79 Å². The number of rotatable bonds is 9. The van der Waals surface area contributed by atoms with E-state index in [2.05, 4.69) is 55.5 Å². The van der Waals surface area contributed by atoms with Gasteiger partial charge in [-0.05, 0) is 66.7 Å². The van der Waals surface area contributed by atoms with Crippen LogP contribution in [0.15, 0.2) is 65.1 Å². The monoisotopic (exact) mass is 536 g/mol. The van der Waals surface area contributed by atoms with Crippen LogP contribution in [-0.4, -0.2) is 47.4 Å². The van der Waals surface area contributed by atoms with Gasteiger partial charge in [0.1, 0.15) is 17.9 Å². The molecule has 182 valence electrons. The third-order valence-corrected chi connectivity index (χ3v) is 6.30. The molecular formula is C26H29BrN6O2. The molecule has 0 saturated heterocycles. The third-order valence-electron chi connectivity index (χ3n) is 5.81. The average Bonchev–Trinajstić information content (AvgIpc) is 3.24. The number of anilines is 3. The molecule has 5 N–H and O–H groups in total. The number of aromatic amines is 1. The standard InChI is InChI=1S/C26H29BrN6O2/c1-3-33(4-2)14-15-35-22-13-12-21(23-24(22)31-32-25(23)28)17-8-10-19(11-9-17)29-26(34)30-20-7-5-6-18(27)16-20/h5-13,16H,3-4,14-15H2,1-2H3,(H3,28,31,32)(H2,29,30,34). The lowest BCUT2D eigenvalue weighted by molar-refractivity contribution is 0.224. The van der Waals surface area contributed by atoms with E-state index in [1.54, 1.807) is 0 Å². The van der Waals surface area contributed by atoms with E-state index in [-0.39, 0.29) is 6.03 Å². The second kappa shape index (κ2) is 11.2. The van der Waals surface area contributed by atoms with E-state index in [4.69, 9.17) is 10.5 Å². The van der Waals surface area contributed by atoms with Crippen molar-refractivity contribution in [2.24, 2.45) is 0 Å². The summed E-state index contributed by atoms with van der Waals surface area (Å²) in [7, 11) is 0. The number of hydrogen-bond acceptors (Lipinski definition) is 5. The quantitative estimate of drug-likeness (QED) is 0.211. The highest BCUT2D eigenvalue weighted by molar-refractivity contribution is 9.10. The average molecular weight is 537 g/mol. The zero-order chi connectivity index (χ0) is 24.8. The Morgan fingerprint density at radius 3 is 2.51 bits per heavy atom. The molecule has 0 aliphatic carbocycles. The van der Waals surface area contributed by atoms with Crippen molar-refractivity contribution >= 4 is 50.1 Å². The fourth-order valence-electron chi connectivity index (χ4n) is 3.91. The molecule has 1 heterocycles. The van der Waals surface area contributed by atoms with E-state index in [1.807, 2.05) is 60.7 Å². The Bertz CT molecular complexity index is 1300. The number of ether oxygens (including phenoxy) is 1. The fraction of sp³-hybridized carbons (Fsp3) is 0.231. The number of carbonyl (C=O) groups excluding carboxylic acids is 1. The van der Waals surface area contributed by atoms with Crippen molar-refractivity contribution in [3.8, 4) is 16.9 Å². The van der Waals surface area contributed by atoms with Gasteiger partial charge in [0, 0.05) is 22.4 Å². The Labute approximate surface area is 213 Å². The van der Waals surface area contributed by atoms with E-state index in [1.165, 1.54) is 0 Å². The number of aromatic nitrogens is 2. The van der Waals surface area contributed by atoms with Crippen LogP contribution < -0.4 is 21.1 Å². The van der Waals surface area contributed by atoms with Gasteiger partial charge in [-0.15, -0.1) is 0 Å². The van der Waals surface area contributed by atoms with E-state index in [0.717, 1.165) is 51.9 Å². The fourth-order valence-corrected chi connectivity index (χ4v) is 4.31. The number of hydrogen-bond donors (Lipinski definition) is 4. The zero-order valence-corrected chi connectivity index (χ0v) is 21.4. The van der Waals surface area contributed by atoms with Gasteiger partial charge in [0.25, 0.3) is 0 Å². The summed E-state index contributed by atoms with van der Waals surface area (Å²) < 4.78 is 6.94. The van der Waals surface area contributed by atoms with Crippen LogP contribution in [0.2, 0.25) is 0 Å². The molecule has 0 atom stereocenters. The van der Waals surface area contributed by atoms with Crippen LogP contribution >= 0.6 is 15.9 Å². The van der Waals surface area contributed by atoms with Gasteiger partial charge >= 0.3 is 6.03 Å². The first kappa shape index (κ1) is 24.6. The molecule has 1 aromatic heterocycles. The molecule has 4 aromatic rings. The smallest absolute Gasteiger partial charge is 0.323 e. The lowest BCUT2D eigenvalue weighted by Crippen LogP contribution is -2.27. The lowest BCUT2D eigenvalue weighted by atomic mass is 10.0. The highest BCUT2D eigenvalue weighted by Crippen LogP contribution is 2.36. The number of halogens is 1. The second-order valence-electron chi connectivity index (χ2n) is 8.01. The molecule has 0 aliphatic heterocycles. The van der Waals surface area contributed by atoms with E-state index < -0.39 is 0 Å². The van der Waals surface area contributed by atoms with Crippen LogP contribution in [0.4, 0.5) is 22.0 Å². The number of nitrogen functional groups attached to an aromatic ring is 1.